The summed E-state index contributed by atoms with van der Waals surface area (Å²) in [6.45, 7) is 0.301. The Morgan fingerprint density at radius 1 is 1.00 bits per heavy atom. The van der Waals surface area contributed by atoms with Crippen LogP contribution in [0.3, 0.4) is 0 Å². The van der Waals surface area contributed by atoms with Gasteiger partial charge in [-0.2, -0.15) is 0 Å². The van der Waals surface area contributed by atoms with Gasteiger partial charge in [-0.15, -0.1) is 0 Å². The third-order valence-electron chi connectivity index (χ3n) is 5.52. The molecule has 0 fully saturated rings. The second kappa shape index (κ2) is 10.0. The topological polar surface area (TPSA) is 69.2 Å². The standard InChI is InChI=1S/C26H26N2O4/c1-30-21-13-14-23(31-2)20(15-21)17-27-26(29)24-16-22(28-32-24)25(18-9-5-3-6-10-18)19-11-7-4-8-12-19/h3-15,24-25H,16-17H2,1-2H3,(H,27,29). The van der Waals surface area contributed by atoms with Crippen molar-refractivity contribution in [2.45, 2.75) is 25.0 Å². The van der Waals surface area contributed by atoms with E-state index in [0.717, 1.165) is 22.4 Å². The number of amides is 1. The number of nitrogens with zero attached hydrogens (tertiary/aromatic N) is 1. The first-order valence-corrected chi connectivity index (χ1v) is 10.5. The summed E-state index contributed by atoms with van der Waals surface area (Å²) < 4.78 is 10.7. The van der Waals surface area contributed by atoms with Crippen molar-refractivity contribution in [3.63, 3.8) is 0 Å². The molecule has 0 spiro atoms. The summed E-state index contributed by atoms with van der Waals surface area (Å²) in [7, 11) is 3.20. The molecular formula is C26H26N2O4. The number of carbonyl (C=O) groups is 1. The molecule has 0 saturated heterocycles. The minimum absolute atomic E-state index is 0.0614. The van der Waals surface area contributed by atoms with E-state index in [1.807, 2.05) is 54.6 Å². The van der Waals surface area contributed by atoms with Crippen LogP contribution in [0.5, 0.6) is 11.5 Å². The van der Waals surface area contributed by atoms with Gasteiger partial charge in [0.15, 0.2) is 0 Å². The number of hydrogen-bond acceptors (Lipinski definition) is 5. The smallest absolute Gasteiger partial charge is 0.264 e. The lowest BCUT2D eigenvalue weighted by Crippen LogP contribution is -2.34. The van der Waals surface area contributed by atoms with Crippen molar-refractivity contribution in [1.82, 2.24) is 5.32 Å². The minimum Gasteiger partial charge on any atom is -0.497 e. The molecule has 0 saturated carbocycles. The van der Waals surface area contributed by atoms with Crippen LogP contribution in [-0.4, -0.2) is 31.9 Å². The summed E-state index contributed by atoms with van der Waals surface area (Å²) in [5.74, 6) is 1.11. The fraction of sp³-hybridized carbons (Fsp3) is 0.231. The van der Waals surface area contributed by atoms with E-state index >= 15 is 0 Å². The molecule has 1 aliphatic heterocycles. The van der Waals surface area contributed by atoms with Gasteiger partial charge in [0.25, 0.3) is 5.91 Å². The Morgan fingerprint density at radius 3 is 2.25 bits per heavy atom. The van der Waals surface area contributed by atoms with E-state index in [1.54, 1.807) is 14.2 Å². The summed E-state index contributed by atoms with van der Waals surface area (Å²) >= 11 is 0. The van der Waals surface area contributed by atoms with Gasteiger partial charge >= 0.3 is 0 Å². The van der Waals surface area contributed by atoms with Gasteiger partial charge in [0.1, 0.15) is 11.5 Å². The maximum absolute atomic E-state index is 12.8. The molecule has 1 unspecified atom stereocenters. The molecule has 4 rings (SSSR count). The largest absolute Gasteiger partial charge is 0.497 e. The third-order valence-corrected chi connectivity index (χ3v) is 5.52. The zero-order valence-corrected chi connectivity index (χ0v) is 18.2. The average Bonchev–Trinajstić information content (AvgIpc) is 3.33. The van der Waals surface area contributed by atoms with Crippen LogP contribution in [0.2, 0.25) is 0 Å². The molecule has 0 radical (unpaired) electrons. The fourth-order valence-electron chi connectivity index (χ4n) is 3.89. The highest BCUT2D eigenvalue weighted by Gasteiger charge is 2.33. The molecule has 1 N–H and O–H groups in total. The van der Waals surface area contributed by atoms with E-state index in [0.29, 0.717) is 24.5 Å². The van der Waals surface area contributed by atoms with E-state index in [4.69, 9.17) is 14.3 Å². The maximum Gasteiger partial charge on any atom is 0.264 e. The number of hydrogen-bond donors (Lipinski definition) is 1. The monoisotopic (exact) mass is 430 g/mol. The third kappa shape index (κ3) is 4.75. The number of carbonyl (C=O) groups excluding carboxylic acids is 1. The van der Waals surface area contributed by atoms with Crippen molar-refractivity contribution in [3.8, 4) is 11.5 Å². The zero-order valence-electron chi connectivity index (χ0n) is 18.2. The maximum atomic E-state index is 12.8. The first kappa shape index (κ1) is 21.4. The normalized spacial score (nSPS) is 15.1. The molecule has 6 nitrogen and oxygen atoms in total. The number of nitrogens with one attached hydrogen (secondary N) is 1. The van der Waals surface area contributed by atoms with Crippen LogP contribution in [0.1, 0.15) is 29.0 Å². The quantitative estimate of drug-likeness (QED) is 0.579. The van der Waals surface area contributed by atoms with Crippen molar-refractivity contribution in [2.24, 2.45) is 5.16 Å². The van der Waals surface area contributed by atoms with Crippen LogP contribution in [0.15, 0.2) is 84.0 Å². The Morgan fingerprint density at radius 2 is 1.66 bits per heavy atom. The van der Waals surface area contributed by atoms with Crippen molar-refractivity contribution < 1.29 is 19.1 Å². The molecule has 1 heterocycles. The summed E-state index contributed by atoms with van der Waals surface area (Å²) in [5, 5.41) is 7.25. The van der Waals surface area contributed by atoms with Gasteiger partial charge < -0.3 is 19.6 Å². The Balaban J connectivity index is 1.45. The Bertz CT molecular complexity index is 1040. The van der Waals surface area contributed by atoms with Crippen LogP contribution < -0.4 is 14.8 Å². The van der Waals surface area contributed by atoms with Gasteiger partial charge in [0.2, 0.25) is 6.10 Å². The van der Waals surface area contributed by atoms with Gasteiger partial charge in [-0.1, -0.05) is 65.8 Å². The molecule has 1 aliphatic rings. The van der Waals surface area contributed by atoms with Crippen LogP contribution in [0.25, 0.3) is 0 Å². The number of benzene rings is 3. The molecule has 0 aliphatic carbocycles. The molecule has 6 heteroatoms. The zero-order chi connectivity index (χ0) is 22.3. The van der Waals surface area contributed by atoms with Crippen molar-refractivity contribution in [1.29, 1.82) is 0 Å². The van der Waals surface area contributed by atoms with E-state index in [2.05, 4.69) is 34.7 Å². The number of methoxy groups -OCH3 is 2. The lowest BCUT2D eigenvalue weighted by atomic mass is 9.85. The van der Waals surface area contributed by atoms with Crippen LogP contribution in [0.4, 0.5) is 0 Å². The molecule has 3 aromatic carbocycles. The van der Waals surface area contributed by atoms with E-state index in [9.17, 15) is 4.79 Å². The van der Waals surface area contributed by atoms with Gasteiger partial charge in [0.05, 0.1) is 25.8 Å². The Labute approximate surface area is 187 Å². The Hall–Kier alpha value is -3.80. The first-order valence-electron chi connectivity index (χ1n) is 10.5. The van der Waals surface area contributed by atoms with Gasteiger partial charge in [-0.25, -0.2) is 0 Å². The lowest BCUT2D eigenvalue weighted by Gasteiger charge is -2.17. The summed E-state index contributed by atoms with van der Waals surface area (Å²) in [4.78, 5) is 18.4. The molecule has 164 valence electrons. The molecule has 1 amide bonds. The van der Waals surface area contributed by atoms with E-state index < -0.39 is 6.10 Å². The number of ether oxygens (including phenoxy) is 2. The van der Waals surface area contributed by atoms with Crippen molar-refractivity contribution >= 4 is 11.6 Å². The van der Waals surface area contributed by atoms with Crippen molar-refractivity contribution in [3.05, 3.63) is 95.6 Å². The number of oxime groups is 1. The second-order valence-electron chi connectivity index (χ2n) is 7.53. The SMILES string of the molecule is COc1ccc(OC)c(CNC(=O)C2CC(C(c3ccccc3)c3ccccc3)=NO2)c1. The predicted molar refractivity (Wildman–Crippen MR) is 123 cm³/mol. The lowest BCUT2D eigenvalue weighted by molar-refractivity contribution is -0.131. The molecule has 0 aromatic heterocycles. The Kier molecular flexibility index (Phi) is 6.70. The van der Waals surface area contributed by atoms with Crippen molar-refractivity contribution in [2.75, 3.05) is 14.2 Å². The molecule has 1 atom stereocenters. The van der Waals surface area contributed by atoms with Gasteiger partial charge in [-0.3, -0.25) is 4.79 Å². The number of rotatable bonds is 8. The minimum atomic E-state index is -0.670. The van der Waals surface area contributed by atoms with E-state index in [-0.39, 0.29) is 11.8 Å². The molecule has 32 heavy (non-hydrogen) atoms. The molecule has 3 aromatic rings. The van der Waals surface area contributed by atoms with Crippen LogP contribution >= 0.6 is 0 Å². The average molecular weight is 431 g/mol. The summed E-state index contributed by atoms with van der Waals surface area (Å²) in [6, 6.07) is 25.8. The first-order chi connectivity index (χ1) is 15.7. The van der Waals surface area contributed by atoms with Crippen LogP contribution in [0, 0.1) is 0 Å². The molecular weight excluding hydrogens is 404 g/mol. The van der Waals surface area contributed by atoms with Gasteiger partial charge in [-0.05, 0) is 29.3 Å². The van der Waals surface area contributed by atoms with Gasteiger partial charge in [0, 0.05) is 18.5 Å². The highest BCUT2D eigenvalue weighted by molar-refractivity contribution is 5.98. The fourth-order valence-corrected chi connectivity index (χ4v) is 3.89. The second-order valence-corrected chi connectivity index (χ2v) is 7.53. The van der Waals surface area contributed by atoms with Crippen LogP contribution in [-0.2, 0) is 16.2 Å². The summed E-state index contributed by atoms with van der Waals surface area (Å²) in [5.41, 5.74) is 3.89. The highest BCUT2D eigenvalue weighted by atomic mass is 16.6. The summed E-state index contributed by atoms with van der Waals surface area (Å²) in [6.07, 6.45) is -0.244. The predicted octanol–water partition coefficient (Wildman–Crippen LogP) is 4.30. The molecule has 0 bridgehead atoms. The van der Waals surface area contributed by atoms with E-state index in [1.165, 1.54) is 0 Å². The highest BCUT2D eigenvalue weighted by Crippen LogP contribution is 2.31.